The van der Waals surface area contributed by atoms with Crippen LogP contribution in [-0.4, -0.2) is 4.57 Å². The maximum atomic E-state index is 9.06. The molecule has 4 heteroatoms. The zero-order valence-electron chi connectivity index (χ0n) is 32.7. The number of furan rings is 1. The highest BCUT2D eigenvalue weighted by molar-refractivity contribution is 6.32. The van der Waals surface area contributed by atoms with Crippen LogP contribution >= 0.6 is 11.6 Å². The van der Waals surface area contributed by atoms with Crippen LogP contribution < -0.4 is 4.90 Å². The SMILES string of the molecule is [2H]c1c([2H])c([2H])c(N(c2ccc(-c3ccccc3)cc2)c2cc(Cl)cc(-c3cc4c5ccccc5n(-c5ccccc5)c4c4c3oc3ccccc34)c2)c([2H])c1[2H]. The van der Waals surface area contributed by atoms with Crippen LogP contribution in [0.1, 0.15) is 6.85 Å². The molecule has 0 radical (unpaired) electrons. The van der Waals surface area contributed by atoms with Gasteiger partial charge in [0, 0.05) is 49.5 Å². The number of rotatable bonds is 6. The minimum absolute atomic E-state index is 0.0111. The van der Waals surface area contributed by atoms with Gasteiger partial charge in [-0.15, -0.1) is 0 Å². The van der Waals surface area contributed by atoms with Crippen LogP contribution in [0.2, 0.25) is 5.02 Å². The molecule has 0 spiro atoms. The summed E-state index contributed by atoms with van der Waals surface area (Å²) in [6, 6.07) is 50.2. The highest BCUT2D eigenvalue weighted by Crippen LogP contribution is 2.47. The fourth-order valence-electron chi connectivity index (χ4n) is 7.45. The van der Waals surface area contributed by atoms with E-state index in [2.05, 4.69) is 47.0 Å². The van der Waals surface area contributed by atoms with E-state index >= 15 is 0 Å². The molecule has 2 heterocycles. The van der Waals surface area contributed by atoms with E-state index in [-0.39, 0.29) is 17.8 Å². The Bertz CT molecular complexity index is 3170. The van der Waals surface area contributed by atoms with Crippen LogP contribution in [0.5, 0.6) is 0 Å². The molecular formula is C48H31ClN2O. The molecule has 10 rings (SSSR count). The Morgan fingerprint density at radius 3 is 2.00 bits per heavy atom. The lowest BCUT2D eigenvalue weighted by Gasteiger charge is -2.26. The first-order valence-corrected chi connectivity index (χ1v) is 17.4. The molecule has 0 aliphatic heterocycles. The Kier molecular flexibility index (Phi) is 6.03. The lowest BCUT2D eigenvalue weighted by atomic mass is 9.97. The molecule has 0 aliphatic rings. The van der Waals surface area contributed by atoms with Crippen LogP contribution in [0, 0.1) is 0 Å². The second kappa shape index (κ2) is 12.3. The van der Waals surface area contributed by atoms with Crippen LogP contribution in [0.15, 0.2) is 192 Å². The maximum Gasteiger partial charge on any atom is 0.145 e. The van der Waals surface area contributed by atoms with E-state index in [1.165, 1.54) is 0 Å². The zero-order valence-corrected chi connectivity index (χ0v) is 28.4. The van der Waals surface area contributed by atoms with Gasteiger partial charge < -0.3 is 13.9 Å². The number of nitrogens with zero attached hydrogens (tertiary/aromatic N) is 2. The van der Waals surface area contributed by atoms with E-state index in [1.54, 1.807) is 11.0 Å². The molecule has 0 fully saturated rings. The van der Waals surface area contributed by atoms with Gasteiger partial charge in [-0.2, -0.15) is 0 Å². The fraction of sp³-hybridized carbons (Fsp3) is 0. The number of benzene rings is 8. The van der Waals surface area contributed by atoms with Crippen molar-refractivity contribution in [2.24, 2.45) is 0 Å². The third-order valence-corrected chi connectivity index (χ3v) is 9.91. The van der Waals surface area contributed by atoms with Crippen LogP contribution in [-0.2, 0) is 0 Å². The quantitative estimate of drug-likeness (QED) is 0.173. The van der Waals surface area contributed by atoms with Crippen molar-refractivity contribution in [3.63, 3.8) is 0 Å². The van der Waals surface area contributed by atoms with E-state index in [0.717, 1.165) is 66.1 Å². The number of hydrogen-bond acceptors (Lipinski definition) is 2. The van der Waals surface area contributed by atoms with Gasteiger partial charge in [0.2, 0.25) is 0 Å². The normalized spacial score (nSPS) is 12.9. The van der Waals surface area contributed by atoms with Crippen LogP contribution in [0.4, 0.5) is 17.1 Å². The van der Waals surface area contributed by atoms with E-state index in [4.69, 9.17) is 22.9 Å². The fourth-order valence-corrected chi connectivity index (χ4v) is 7.68. The summed E-state index contributed by atoms with van der Waals surface area (Å²) in [7, 11) is 0. The van der Waals surface area contributed by atoms with Gasteiger partial charge in [-0.3, -0.25) is 0 Å². The molecule has 8 aromatic carbocycles. The third kappa shape index (κ3) is 4.98. The van der Waals surface area contributed by atoms with Gasteiger partial charge in [-0.05, 0) is 89.4 Å². The standard InChI is InChI=1S/C48H31ClN2O/c49-35-28-34(29-39(30-35)50(36-16-6-2-7-17-36)38-26-24-33(25-27-38)32-14-4-1-5-15-32)42-31-43-40-20-10-12-22-44(40)51(37-18-8-3-9-19-37)47(43)46-41-21-11-13-23-45(41)52-48(42)46/h1-31H/i2D,6D,7D,16D,17D. The predicted octanol–water partition coefficient (Wildman–Crippen LogP) is 14.1. The summed E-state index contributed by atoms with van der Waals surface area (Å²) in [4.78, 5) is 1.69. The molecule has 0 bridgehead atoms. The van der Waals surface area contributed by atoms with Crippen molar-refractivity contribution in [1.82, 2.24) is 4.57 Å². The number of hydrogen-bond donors (Lipinski definition) is 0. The number of aromatic nitrogens is 1. The van der Waals surface area contributed by atoms with Crippen LogP contribution in [0.25, 0.3) is 71.7 Å². The van der Waals surface area contributed by atoms with Crippen molar-refractivity contribution in [3.05, 3.63) is 193 Å². The minimum atomic E-state index is -0.463. The third-order valence-electron chi connectivity index (χ3n) is 9.69. The molecule has 0 unspecified atom stereocenters. The topological polar surface area (TPSA) is 21.3 Å². The summed E-state index contributed by atoms with van der Waals surface area (Å²) in [5.74, 6) is 0. The zero-order chi connectivity index (χ0) is 38.9. The first-order valence-electron chi connectivity index (χ1n) is 19.5. The average molecular weight is 692 g/mol. The Morgan fingerprint density at radius 2 is 1.21 bits per heavy atom. The summed E-state index contributed by atoms with van der Waals surface area (Å²) >= 11 is 7.06. The van der Waals surface area contributed by atoms with Gasteiger partial charge >= 0.3 is 0 Å². The van der Waals surface area contributed by atoms with Crippen molar-refractivity contribution >= 4 is 72.4 Å². The van der Waals surface area contributed by atoms with E-state index in [0.29, 0.717) is 22.0 Å². The summed E-state index contributed by atoms with van der Waals surface area (Å²) in [6.07, 6.45) is 0. The van der Waals surface area contributed by atoms with Crippen molar-refractivity contribution in [3.8, 4) is 27.9 Å². The smallest absolute Gasteiger partial charge is 0.145 e. The van der Waals surface area contributed by atoms with Crippen molar-refractivity contribution in [2.75, 3.05) is 4.90 Å². The Labute approximate surface area is 313 Å². The second-order valence-corrected chi connectivity index (χ2v) is 13.2. The molecule has 0 amide bonds. The van der Waals surface area contributed by atoms with E-state index in [1.807, 2.05) is 109 Å². The minimum Gasteiger partial charge on any atom is -0.455 e. The second-order valence-electron chi connectivity index (χ2n) is 12.7. The van der Waals surface area contributed by atoms with Gasteiger partial charge in [0.1, 0.15) is 11.2 Å². The largest absolute Gasteiger partial charge is 0.455 e. The highest BCUT2D eigenvalue weighted by Gasteiger charge is 2.23. The summed E-state index contributed by atoms with van der Waals surface area (Å²) in [6.45, 7) is 0. The number of anilines is 3. The molecule has 0 N–H and O–H groups in total. The summed E-state index contributed by atoms with van der Waals surface area (Å²) in [5.41, 5.74) is 9.19. The molecule has 0 saturated heterocycles. The molecular weight excluding hydrogens is 656 g/mol. The Balaban J connectivity index is 1.26. The van der Waals surface area contributed by atoms with Gasteiger partial charge in [0.25, 0.3) is 0 Å². The molecule has 0 atom stereocenters. The van der Waals surface area contributed by atoms with Gasteiger partial charge in [-0.25, -0.2) is 0 Å². The van der Waals surface area contributed by atoms with Gasteiger partial charge in [0.15, 0.2) is 0 Å². The molecule has 10 aromatic rings. The Morgan fingerprint density at radius 1 is 0.538 bits per heavy atom. The molecule has 3 nitrogen and oxygen atoms in total. The molecule has 52 heavy (non-hydrogen) atoms. The average Bonchev–Trinajstić information content (AvgIpc) is 3.80. The molecule has 246 valence electrons. The van der Waals surface area contributed by atoms with Crippen molar-refractivity contribution in [1.29, 1.82) is 0 Å². The summed E-state index contributed by atoms with van der Waals surface area (Å²) < 4.78 is 52.7. The predicted molar refractivity (Wildman–Crippen MR) is 219 cm³/mol. The molecule has 0 saturated carbocycles. The Hall–Kier alpha value is -6.55. The van der Waals surface area contributed by atoms with Gasteiger partial charge in [-0.1, -0.05) is 127 Å². The van der Waals surface area contributed by atoms with Crippen molar-refractivity contribution in [2.45, 2.75) is 0 Å². The number of para-hydroxylation sites is 4. The van der Waals surface area contributed by atoms with Gasteiger partial charge in [0.05, 0.1) is 23.3 Å². The van der Waals surface area contributed by atoms with Crippen LogP contribution in [0.3, 0.4) is 0 Å². The highest BCUT2D eigenvalue weighted by atomic mass is 35.5. The number of fused-ring (bicyclic) bond motifs is 7. The lowest BCUT2D eigenvalue weighted by molar-refractivity contribution is 0.670. The molecule has 0 aliphatic carbocycles. The van der Waals surface area contributed by atoms with E-state index < -0.39 is 18.1 Å². The maximum absolute atomic E-state index is 9.06. The first-order chi connectivity index (χ1) is 27.8. The van der Waals surface area contributed by atoms with Crippen molar-refractivity contribution < 1.29 is 11.3 Å². The van der Waals surface area contributed by atoms with E-state index in [9.17, 15) is 0 Å². The summed E-state index contributed by atoms with van der Waals surface area (Å²) in [5, 5.41) is 4.44. The first kappa shape index (κ1) is 25.4. The molecule has 2 aromatic heterocycles. The monoisotopic (exact) mass is 691 g/mol. The lowest BCUT2D eigenvalue weighted by Crippen LogP contribution is -2.10. The number of halogens is 1.